The molecule has 10 heteroatoms. The molecule has 3 aromatic rings. The van der Waals surface area contributed by atoms with E-state index in [1.807, 2.05) is 0 Å². The number of nitrogens with one attached hydrogen (secondary N) is 1. The Hall–Kier alpha value is -3.79. The average molecular weight is 457 g/mol. The fourth-order valence-electron chi connectivity index (χ4n) is 3.11. The molecule has 2 amide bonds. The molecule has 10 nitrogen and oxygen atoms in total. The summed E-state index contributed by atoms with van der Waals surface area (Å²) in [6.07, 6.45) is 1.66. The molecule has 1 N–H and O–H groups in total. The van der Waals surface area contributed by atoms with Crippen LogP contribution < -0.4 is 14.8 Å². The van der Waals surface area contributed by atoms with E-state index in [0.29, 0.717) is 41.7 Å². The van der Waals surface area contributed by atoms with Crippen molar-refractivity contribution in [1.29, 1.82) is 0 Å². The van der Waals surface area contributed by atoms with E-state index in [1.54, 1.807) is 50.8 Å². The molecule has 0 bridgehead atoms. The summed E-state index contributed by atoms with van der Waals surface area (Å²) < 4.78 is 26.4. The highest BCUT2D eigenvalue weighted by Crippen LogP contribution is 2.33. The van der Waals surface area contributed by atoms with Crippen molar-refractivity contribution in [2.75, 3.05) is 41.0 Å². The number of amides is 2. The zero-order valence-corrected chi connectivity index (χ0v) is 18.8. The quantitative estimate of drug-likeness (QED) is 0.441. The molecule has 0 saturated heterocycles. The SMILES string of the molecule is COCCN(CCC(=O)NCc1ccco1)C(=O)c1cc(-c2cc(OC)ccc2OC)on1. The first-order chi connectivity index (χ1) is 16.0. The number of nitrogens with zero attached hydrogens (tertiary/aromatic N) is 2. The number of carbonyl (C=O) groups is 2. The van der Waals surface area contributed by atoms with E-state index in [1.165, 1.54) is 18.1 Å². The van der Waals surface area contributed by atoms with Gasteiger partial charge in [-0.05, 0) is 30.3 Å². The Morgan fingerprint density at radius 2 is 1.94 bits per heavy atom. The van der Waals surface area contributed by atoms with Gasteiger partial charge in [-0.15, -0.1) is 0 Å². The van der Waals surface area contributed by atoms with E-state index in [0.717, 1.165) is 0 Å². The molecular weight excluding hydrogens is 430 g/mol. The number of hydrogen-bond donors (Lipinski definition) is 1. The van der Waals surface area contributed by atoms with Crippen molar-refractivity contribution in [3.63, 3.8) is 0 Å². The lowest BCUT2D eigenvalue weighted by molar-refractivity contribution is -0.121. The molecule has 0 aliphatic rings. The van der Waals surface area contributed by atoms with E-state index >= 15 is 0 Å². The smallest absolute Gasteiger partial charge is 0.276 e. The van der Waals surface area contributed by atoms with E-state index in [9.17, 15) is 9.59 Å². The van der Waals surface area contributed by atoms with Crippen LogP contribution in [0.3, 0.4) is 0 Å². The number of methoxy groups -OCH3 is 3. The summed E-state index contributed by atoms with van der Waals surface area (Å²) in [5.74, 6) is 1.59. The van der Waals surface area contributed by atoms with Crippen LogP contribution in [0.4, 0.5) is 0 Å². The van der Waals surface area contributed by atoms with E-state index in [4.69, 9.17) is 23.2 Å². The van der Waals surface area contributed by atoms with Crippen molar-refractivity contribution in [2.45, 2.75) is 13.0 Å². The van der Waals surface area contributed by atoms with Gasteiger partial charge in [0.2, 0.25) is 5.91 Å². The first-order valence-corrected chi connectivity index (χ1v) is 10.3. The maximum absolute atomic E-state index is 13.1. The molecular formula is C23H27N3O7. The standard InChI is InChI=1S/C23H27N3O7/c1-29-12-10-26(9-8-22(27)24-15-17-5-4-11-32-17)23(28)19-14-21(33-25-19)18-13-16(30-2)6-7-20(18)31-3/h4-7,11,13-14H,8-10,12,15H2,1-3H3,(H,24,27). The Morgan fingerprint density at radius 3 is 2.64 bits per heavy atom. The van der Waals surface area contributed by atoms with Gasteiger partial charge in [0.1, 0.15) is 17.3 Å². The van der Waals surface area contributed by atoms with Crippen LogP contribution in [0.15, 0.2) is 51.6 Å². The van der Waals surface area contributed by atoms with Gasteiger partial charge in [0.25, 0.3) is 5.91 Å². The molecule has 2 heterocycles. The van der Waals surface area contributed by atoms with Gasteiger partial charge < -0.3 is 33.4 Å². The highest BCUT2D eigenvalue weighted by molar-refractivity contribution is 5.93. The van der Waals surface area contributed by atoms with Gasteiger partial charge in [-0.25, -0.2) is 0 Å². The van der Waals surface area contributed by atoms with Crippen molar-refractivity contribution < 1.29 is 32.7 Å². The van der Waals surface area contributed by atoms with Gasteiger partial charge in [0, 0.05) is 32.7 Å². The molecule has 0 saturated carbocycles. The van der Waals surface area contributed by atoms with Crippen LogP contribution in [0.25, 0.3) is 11.3 Å². The number of carbonyl (C=O) groups excluding carboxylic acids is 2. The third-order valence-electron chi connectivity index (χ3n) is 4.90. The van der Waals surface area contributed by atoms with E-state index in [2.05, 4.69) is 10.5 Å². The predicted molar refractivity (Wildman–Crippen MR) is 118 cm³/mol. The van der Waals surface area contributed by atoms with Gasteiger partial charge >= 0.3 is 0 Å². The van der Waals surface area contributed by atoms with E-state index < -0.39 is 0 Å². The number of benzene rings is 1. The number of aromatic nitrogens is 1. The van der Waals surface area contributed by atoms with Gasteiger partial charge in [-0.2, -0.15) is 0 Å². The number of ether oxygens (including phenoxy) is 3. The Kier molecular flexibility index (Phi) is 8.48. The maximum Gasteiger partial charge on any atom is 0.276 e. The largest absolute Gasteiger partial charge is 0.497 e. The van der Waals surface area contributed by atoms with Crippen LogP contribution in [0.1, 0.15) is 22.7 Å². The molecule has 0 aliphatic carbocycles. The van der Waals surface area contributed by atoms with Gasteiger partial charge in [0.15, 0.2) is 11.5 Å². The Balaban J connectivity index is 1.68. The third-order valence-corrected chi connectivity index (χ3v) is 4.90. The van der Waals surface area contributed by atoms with Crippen molar-refractivity contribution in [3.8, 4) is 22.8 Å². The number of furan rings is 1. The highest BCUT2D eigenvalue weighted by Gasteiger charge is 2.22. The lowest BCUT2D eigenvalue weighted by atomic mass is 10.1. The Morgan fingerprint density at radius 1 is 1.09 bits per heavy atom. The first kappa shape index (κ1) is 23.9. The number of hydrogen-bond acceptors (Lipinski definition) is 8. The molecule has 0 fully saturated rings. The zero-order chi connectivity index (χ0) is 23.6. The Bertz CT molecular complexity index is 1050. The third kappa shape index (κ3) is 6.36. The second-order valence-corrected chi connectivity index (χ2v) is 7.03. The fourth-order valence-corrected chi connectivity index (χ4v) is 3.11. The predicted octanol–water partition coefficient (Wildman–Crippen LogP) is 2.75. The van der Waals surface area contributed by atoms with Crippen molar-refractivity contribution >= 4 is 11.8 Å². The molecule has 176 valence electrons. The summed E-state index contributed by atoms with van der Waals surface area (Å²) in [7, 11) is 4.64. The van der Waals surface area contributed by atoms with Crippen LogP contribution in [-0.2, 0) is 16.1 Å². The molecule has 33 heavy (non-hydrogen) atoms. The fraction of sp³-hybridized carbons (Fsp3) is 0.348. The molecule has 2 aromatic heterocycles. The normalized spacial score (nSPS) is 10.6. The summed E-state index contributed by atoms with van der Waals surface area (Å²) in [5.41, 5.74) is 0.714. The molecule has 0 aliphatic heterocycles. The minimum atomic E-state index is -0.372. The van der Waals surface area contributed by atoms with Crippen LogP contribution in [-0.4, -0.2) is 62.9 Å². The zero-order valence-electron chi connectivity index (χ0n) is 18.8. The first-order valence-electron chi connectivity index (χ1n) is 10.3. The lowest BCUT2D eigenvalue weighted by Crippen LogP contribution is -2.37. The second-order valence-electron chi connectivity index (χ2n) is 7.03. The monoisotopic (exact) mass is 457 g/mol. The van der Waals surface area contributed by atoms with E-state index in [-0.39, 0.29) is 37.0 Å². The maximum atomic E-state index is 13.1. The van der Waals surface area contributed by atoms with Crippen LogP contribution in [0.2, 0.25) is 0 Å². The highest BCUT2D eigenvalue weighted by atomic mass is 16.5. The van der Waals surface area contributed by atoms with Crippen LogP contribution >= 0.6 is 0 Å². The van der Waals surface area contributed by atoms with Crippen molar-refractivity contribution in [2.24, 2.45) is 0 Å². The summed E-state index contributed by atoms with van der Waals surface area (Å²) in [4.78, 5) is 26.8. The molecule has 0 unspecified atom stereocenters. The van der Waals surface area contributed by atoms with Crippen molar-refractivity contribution in [1.82, 2.24) is 15.4 Å². The number of rotatable bonds is 12. The average Bonchev–Trinajstić information content (AvgIpc) is 3.54. The molecule has 1 aromatic carbocycles. The summed E-state index contributed by atoms with van der Waals surface area (Å²) in [6, 6.07) is 10.3. The van der Waals surface area contributed by atoms with Crippen molar-refractivity contribution in [3.05, 3.63) is 54.1 Å². The molecule has 3 rings (SSSR count). The second kappa shape index (κ2) is 11.7. The molecule has 0 spiro atoms. The summed E-state index contributed by atoms with van der Waals surface area (Å²) in [5, 5.41) is 6.70. The minimum absolute atomic E-state index is 0.113. The minimum Gasteiger partial charge on any atom is -0.497 e. The summed E-state index contributed by atoms with van der Waals surface area (Å²) >= 11 is 0. The Labute approximate surface area is 191 Å². The topological polar surface area (TPSA) is 116 Å². The van der Waals surface area contributed by atoms with Gasteiger partial charge in [0.05, 0.1) is 39.2 Å². The van der Waals surface area contributed by atoms with Gasteiger partial charge in [-0.3, -0.25) is 9.59 Å². The van der Waals surface area contributed by atoms with Crippen LogP contribution in [0, 0.1) is 0 Å². The molecule has 0 radical (unpaired) electrons. The molecule has 0 atom stereocenters. The van der Waals surface area contributed by atoms with Crippen LogP contribution in [0.5, 0.6) is 11.5 Å². The summed E-state index contributed by atoms with van der Waals surface area (Å²) in [6.45, 7) is 1.09. The van der Waals surface area contributed by atoms with Gasteiger partial charge in [-0.1, -0.05) is 5.16 Å². The lowest BCUT2D eigenvalue weighted by Gasteiger charge is -2.20.